The fourth-order valence-corrected chi connectivity index (χ4v) is 3.23. The summed E-state index contributed by atoms with van der Waals surface area (Å²) in [7, 11) is 1.43. The highest BCUT2D eigenvalue weighted by molar-refractivity contribution is 5.85. The molecule has 1 saturated carbocycles. The van der Waals surface area contributed by atoms with Crippen molar-refractivity contribution in [2.75, 3.05) is 38.3 Å². The first-order valence-electron chi connectivity index (χ1n) is 6.97. The fraction of sp³-hybridized carbons (Fsp3) is 0.769. The lowest BCUT2D eigenvalue weighted by Gasteiger charge is -2.23. The first-order valence-corrected chi connectivity index (χ1v) is 6.97. The molecule has 0 N–H and O–H groups in total. The maximum absolute atomic E-state index is 12.1. The standard InChI is InChI=1S/C13H17N3O4.ClH/c1-18-11(17)13-6-16(4-9(13)5-19-7-13)12-14-10(20-15-12)8-2-3-8;/h8-9H,2-7H2,1H3;1H/t9-,13-;/m0./s1. The molecule has 3 fully saturated rings. The molecule has 1 aliphatic carbocycles. The van der Waals surface area contributed by atoms with Crippen molar-refractivity contribution < 1.29 is 18.8 Å². The van der Waals surface area contributed by atoms with Gasteiger partial charge in [0.05, 0.1) is 20.3 Å². The Labute approximate surface area is 128 Å². The van der Waals surface area contributed by atoms with Crippen molar-refractivity contribution in [1.29, 1.82) is 0 Å². The van der Waals surface area contributed by atoms with E-state index in [1.807, 2.05) is 4.90 Å². The van der Waals surface area contributed by atoms with E-state index in [0.29, 0.717) is 38.2 Å². The molecule has 3 aliphatic rings. The Hall–Kier alpha value is -1.34. The Morgan fingerprint density at radius 3 is 3.00 bits per heavy atom. The maximum atomic E-state index is 12.1. The van der Waals surface area contributed by atoms with Crippen molar-refractivity contribution in [3.63, 3.8) is 0 Å². The van der Waals surface area contributed by atoms with E-state index in [9.17, 15) is 4.79 Å². The fourth-order valence-electron chi connectivity index (χ4n) is 3.23. The van der Waals surface area contributed by atoms with Gasteiger partial charge in [-0.05, 0) is 18.0 Å². The highest BCUT2D eigenvalue weighted by Gasteiger charge is 2.57. The summed E-state index contributed by atoms with van der Waals surface area (Å²) in [6.45, 7) is 2.24. The first-order chi connectivity index (χ1) is 9.73. The van der Waals surface area contributed by atoms with E-state index < -0.39 is 5.41 Å². The minimum atomic E-state index is -0.574. The van der Waals surface area contributed by atoms with Crippen molar-refractivity contribution in [2.24, 2.45) is 11.3 Å². The highest BCUT2D eigenvalue weighted by atomic mass is 35.5. The van der Waals surface area contributed by atoms with Gasteiger partial charge in [-0.15, -0.1) is 12.4 Å². The summed E-state index contributed by atoms with van der Waals surface area (Å²) < 4.78 is 15.7. The third-order valence-electron chi connectivity index (χ3n) is 4.61. The van der Waals surface area contributed by atoms with Crippen LogP contribution in [0.25, 0.3) is 0 Å². The van der Waals surface area contributed by atoms with E-state index in [2.05, 4.69) is 10.1 Å². The van der Waals surface area contributed by atoms with Crippen molar-refractivity contribution in [3.8, 4) is 0 Å². The van der Waals surface area contributed by atoms with E-state index in [0.717, 1.165) is 18.7 Å². The molecule has 7 nitrogen and oxygen atoms in total. The predicted octanol–water partition coefficient (Wildman–Crippen LogP) is 0.995. The minimum Gasteiger partial charge on any atom is -0.468 e. The van der Waals surface area contributed by atoms with E-state index in [-0.39, 0.29) is 24.3 Å². The normalized spacial score (nSPS) is 30.9. The maximum Gasteiger partial charge on any atom is 0.316 e. The van der Waals surface area contributed by atoms with Gasteiger partial charge in [0, 0.05) is 24.9 Å². The second-order valence-corrected chi connectivity index (χ2v) is 5.95. The third-order valence-corrected chi connectivity index (χ3v) is 4.61. The number of methoxy groups -OCH3 is 1. The molecule has 21 heavy (non-hydrogen) atoms. The van der Waals surface area contributed by atoms with E-state index in [4.69, 9.17) is 14.0 Å². The summed E-state index contributed by atoms with van der Waals surface area (Å²) in [5.41, 5.74) is -0.574. The van der Waals surface area contributed by atoms with Gasteiger partial charge in [-0.2, -0.15) is 4.98 Å². The molecule has 0 radical (unpaired) electrons. The number of aromatic nitrogens is 2. The topological polar surface area (TPSA) is 77.7 Å². The van der Waals surface area contributed by atoms with Crippen LogP contribution in [0.5, 0.6) is 0 Å². The molecule has 0 unspecified atom stereocenters. The third kappa shape index (κ3) is 2.19. The summed E-state index contributed by atoms with van der Waals surface area (Å²) in [6.07, 6.45) is 2.26. The SMILES string of the molecule is COC(=O)[C@@]12COC[C@@H]1CN(c1noc(C3CC3)n1)C2.Cl. The van der Waals surface area contributed by atoms with Crippen molar-refractivity contribution in [2.45, 2.75) is 18.8 Å². The smallest absolute Gasteiger partial charge is 0.316 e. The summed E-state index contributed by atoms with van der Waals surface area (Å²) >= 11 is 0. The molecule has 2 atom stereocenters. The number of hydrogen-bond acceptors (Lipinski definition) is 7. The Kier molecular flexibility index (Phi) is 3.57. The van der Waals surface area contributed by atoms with Crippen LogP contribution in [-0.2, 0) is 14.3 Å². The Morgan fingerprint density at radius 2 is 2.29 bits per heavy atom. The molecular weight excluding hydrogens is 298 g/mol. The zero-order chi connectivity index (χ0) is 13.7. The molecule has 0 amide bonds. The van der Waals surface area contributed by atoms with Crippen molar-refractivity contribution in [1.82, 2.24) is 10.1 Å². The number of carbonyl (C=O) groups is 1. The van der Waals surface area contributed by atoms with Crippen LogP contribution in [-0.4, -0.2) is 49.5 Å². The largest absolute Gasteiger partial charge is 0.468 e. The van der Waals surface area contributed by atoms with E-state index in [1.165, 1.54) is 7.11 Å². The lowest BCUT2D eigenvalue weighted by atomic mass is 9.81. The summed E-state index contributed by atoms with van der Waals surface area (Å²) in [4.78, 5) is 18.6. The van der Waals surface area contributed by atoms with Gasteiger partial charge in [0.25, 0.3) is 5.95 Å². The average Bonchev–Trinajstić information content (AvgIpc) is 2.89. The summed E-state index contributed by atoms with van der Waals surface area (Å²) in [6, 6.07) is 0. The van der Waals surface area contributed by atoms with Gasteiger partial charge in [-0.3, -0.25) is 4.79 Å². The molecule has 4 rings (SSSR count). The van der Waals surface area contributed by atoms with Crippen LogP contribution in [0.4, 0.5) is 5.95 Å². The van der Waals surface area contributed by atoms with Crippen LogP contribution in [0.1, 0.15) is 24.7 Å². The number of hydrogen-bond donors (Lipinski definition) is 0. The molecule has 116 valence electrons. The van der Waals surface area contributed by atoms with Crippen LogP contribution in [0.15, 0.2) is 4.52 Å². The molecule has 0 bridgehead atoms. The van der Waals surface area contributed by atoms with Gasteiger partial charge in [0.1, 0.15) is 5.41 Å². The molecule has 1 aromatic heterocycles. The van der Waals surface area contributed by atoms with Crippen molar-refractivity contribution >= 4 is 24.3 Å². The number of nitrogens with zero attached hydrogens (tertiary/aromatic N) is 3. The van der Waals surface area contributed by atoms with Gasteiger partial charge < -0.3 is 18.9 Å². The number of ether oxygens (including phenoxy) is 2. The lowest BCUT2D eigenvalue weighted by molar-refractivity contribution is -0.152. The Bertz CT molecular complexity index is 547. The average molecular weight is 316 g/mol. The Morgan fingerprint density at radius 1 is 1.48 bits per heavy atom. The second kappa shape index (κ2) is 5.14. The van der Waals surface area contributed by atoms with Gasteiger partial charge in [0.15, 0.2) is 0 Å². The molecular formula is C13H18ClN3O4. The molecule has 0 spiro atoms. The lowest BCUT2D eigenvalue weighted by Crippen LogP contribution is -2.40. The van der Waals surface area contributed by atoms with Crippen molar-refractivity contribution in [3.05, 3.63) is 5.89 Å². The van der Waals surface area contributed by atoms with Gasteiger partial charge >= 0.3 is 5.97 Å². The summed E-state index contributed by atoms with van der Waals surface area (Å²) in [5.74, 6) is 1.69. The number of esters is 1. The van der Waals surface area contributed by atoms with Crippen LogP contribution >= 0.6 is 12.4 Å². The number of rotatable bonds is 3. The van der Waals surface area contributed by atoms with Crippen LogP contribution in [0, 0.1) is 11.3 Å². The van der Waals surface area contributed by atoms with Gasteiger partial charge in [-0.25, -0.2) is 0 Å². The predicted molar refractivity (Wildman–Crippen MR) is 74.5 cm³/mol. The van der Waals surface area contributed by atoms with Crippen LogP contribution in [0.3, 0.4) is 0 Å². The number of halogens is 1. The minimum absolute atomic E-state index is 0. The van der Waals surface area contributed by atoms with Crippen LogP contribution < -0.4 is 4.90 Å². The first kappa shape index (κ1) is 14.6. The molecule has 2 aliphatic heterocycles. The number of anilines is 1. The molecule has 2 saturated heterocycles. The van der Waals surface area contributed by atoms with Gasteiger partial charge in [-0.1, -0.05) is 0 Å². The number of fused-ring (bicyclic) bond motifs is 1. The van der Waals surface area contributed by atoms with E-state index >= 15 is 0 Å². The van der Waals surface area contributed by atoms with Gasteiger partial charge in [0.2, 0.25) is 5.89 Å². The second-order valence-electron chi connectivity index (χ2n) is 5.95. The quantitative estimate of drug-likeness (QED) is 0.770. The van der Waals surface area contributed by atoms with Crippen LogP contribution in [0.2, 0.25) is 0 Å². The zero-order valence-corrected chi connectivity index (χ0v) is 12.6. The summed E-state index contributed by atoms with van der Waals surface area (Å²) in [5, 5.41) is 4.05. The molecule has 0 aromatic carbocycles. The monoisotopic (exact) mass is 315 g/mol. The molecule has 8 heteroatoms. The molecule has 1 aromatic rings. The molecule has 3 heterocycles. The van der Waals surface area contributed by atoms with E-state index in [1.54, 1.807) is 0 Å². The Balaban J connectivity index is 0.00000132. The zero-order valence-electron chi connectivity index (χ0n) is 11.8. The number of carbonyl (C=O) groups excluding carboxylic acids is 1. The highest BCUT2D eigenvalue weighted by Crippen LogP contribution is 2.44.